The van der Waals surface area contributed by atoms with Crippen molar-refractivity contribution in [2.45, 2.75) is 44.3 Å². The summed E-state index contributed by atoms with van der Waals surface area (Å²) >= 11 is 3.22. The molecule has 0 saturated heterocycles. The van der Waals surface area contributed by atoms with Crippen molar-refractivity contribution < 1.29 is 9.18 Å². The van der Waals surface area contributed by atoms with E-state index >= 15 is 0 Å². The highest BCUT2D eigenvalue weighted by molar-refractivity contribution is 7.98. The van der Waals surface area contributed by atoms with Gasteiger partial charge >= 0.3 is 0 Å². The number of rotatable bonds is 8. The molecular formula is C22H24FN3O2S2. The van der Waals surface area contributed by atoms with Crippen molar-refractivity contribution in [1.82, 2.24) is 15.3 Å². The number of aromatic amines is 1. The minimum atomic E-state index is -0.243. The topological polar surface area (TPSA) is 74.8 Å². The van der Waals surface area contributed by atoms with Crippen LogP contribution in [0.3, 0.4) is 0 Å². The molecule has 1 aliphatic carbocycles. The van der Waals surface area contributed by atoms with E-state index in [0.29, 0.717) is 42.3 Å². The van der Waals surface area contributed by atoms with Gasteiger partial charge in [0.05, 0.1) is 11.1 Å². The lowest BCUT2D eigenvalue weighted by Gasteiger charge is -2.09. The van der Waals surface area contributed by atoms with Gasteiger partial charge in [-0.3, -0.25) is 9.59 Å². The Morgan fingerprint density at radius 1 is 1.27 bits per heavy atom. The van der Waals surface area contributed by atoms with Gasteiger partial charge in [-0.05, 0) is 49.3 Å². The standard InChI is InChI=1S/C22H24FN3O2S2/c23-16-7-3-1-5-14(16)9-11-24-19(27)10-12-29-13-18-25-21(28)20-15-6-2-4-8-17(15)30-22(20)26-18/h1,3,5,7H,2,4,6,8-13H2,(H,24,27)(H,25,26,28). The number of benzene rings is 1. The Morgan fingerprint density at radius 3 is 2.97 bits per heavy atom. The van der Waals surface area contributed by atoms with Gasteiger partial charge in [-0.1, -0.05) is 18.2 Å². The molecule has 30 heavy (non-hydrogen) atoms. The number of thioether (sulfide) groups is 1. The summed E-state index contributed by atoms with van der Waals surface area (Å²) in [6, 6.07) is 6.60. The van der Waals surface area contributed by atoms with E-state index in [4.69, 9.17) is 0 Å². The Bertz CT molecular complexity index is 1110. The van der Waals surface area contributed by atoms with Gasteiger partial charge in [0, 0.05) is 23.6 Å². The molecule has 0 atom stereocenters. The number of H-pyrrole nitrogens is 1. The van der Waals surface area contributed by atoms with Crippen molar-refractivity contribution in [3.63, 3.8) is 0 Å². The number of hydrogen-bond donors (Lipinski definition) is 2. The lowest BCUT2D eigenvalue weighted by atomic mass is 9.97. The Labute approximate surface area is 182 Å². The number of hydrogen-bond acceptors (Lipinski definition) is 5. The Hall–Kier alpha value is -2.19. The van der Waals surface area contributed by atoms with Gasteiger partial charge in [0.15, 0.2) is 0 Å². The van der Waals surface area contributed by atoms with E-state index in [0.717, 1.165) is 29.5 Å². The molecule has 4 rings (SSSR count). The van der Waals surface area contributed by atoms with Crippen LogP contribution in [-0.4, -0.2) is 28.2 Å². The van der Waals surface area contributed by atoms with Gasteiger partial charge in [-0.15, -0.1) is 11.3 Å². The second-order valence-electron chi connectivity index (χ2n) is 7.40. The predicted octanol–water partition coefficient (Wildman–Crippen LogP) is 3.98. The van der Waals surface area contributed by atoms with Crippen molar-refractivity contribution in [2.75, 3.05) is 12.3 Å². The zero-order chi connectivity index (χ0) is 20.9. The van der Waals surface area contributed by atoms with Crippen molar-refractivity contribution >= 4 is 39.2 Å². The number of thiophene rings is 1. The van der Waals surface area contributed by atoms with Crippen LogP contribution >= 0.6 is 23.1 Å². The number of aryl methyl sites for hydroxylation is 2. The number of carbonyl (C=O) groups excluding carboxylic acids is 1. The van der Waals surface area contributed by atoms with Crippen molar-refractivity contribution in [2.24, 2.45) is 0 Å². The molecule has 8 heteroatoms. The van der Waals surface area contributed by atoms with Gasteiger partial charge < -0.3 is 10.3 Å². The fraction of sp³-hybridized carbons (Fsp3) is 0.409. The van der Waals surface area contributed by atoms with Crippen LogP contribution in [0.15, 0.2) is 29.1 Å². The van der Waals surface area contributed by atoms with Crippen LogP contribution in [-0.2, 0) is 29.8 Å². The van der Waals surface area contributed by atoms with Crippen molar-refractivity contribution in [3.05, 3.63) is 62.3 Å². The summed E-state index contributed by atoms with van der Waals surface area (Å²) < 4.78 is 13.6. The molecule has 0 unspecified atom stereocenters. The maximum atomic E-state index is 13.6. The Morgan fingerprint density at radius 2 is 2.10 bits per heavy atom. The van der Waals surface area contributed by atoms with Gasteiger partial charge in [0.2, 0.25) is 5.91 Å². The molecule has 2 heterocycles. The summed E-state index contributed by atoms with van der Waals surface area (Å²) in [7, 11) is 0. The fourth-order valence-electron chi connectivity index (χ4n) is 3.74. The van der Waals surface area contributed by atoms with Crippen LogP contribution in [0, 0.1) is 5.82 Å². The molecule has 3 aromatic rings. The highest BCUT2D eigenvalue weighted by atomic mass is 32.2. The number of carbonyl (C=O) groups is 1. The predicted molar refractivity (Wildman–Crippen MR) is 121 cm³/mol. The molecule has 1 aromatic carbocycles. The summed E-state index contributed by atoms with van der Waals surface area (Å²) in [4.78, 5) is 34.2. The minimum Gasteiger partial charge on any atom is -0.356 e. The van der Waals surface area contributed by atoms with Gasteiger partial charge in [0.25, 0.3) is 5.56 Å². The Balaban J connectivity index is 1.23. The first-order chi connectivity index (χ1) is 14.6. The van der Waals surface area contributed by atoms with Crippen LogP contribution in [0.25, 0.3) is 10.2 Å². The van der Waals surface area contributed by atoms with Crippen LogP contribution in [0.1, 0.15) is 41.1 Å². The Kier molecular flexibility index (Phi) is 6.84. The van der Waals surface area contributed by atoms with Crippen LogP contribution in [0.4, 0.5) is 4.39 Å². The van der Waals surface area contributed by atoms with E-state index in [-0.39, 0.29) is 17.3 Å². The molecular weight excluding hydrogens is 421 g/mol. The molecule has 0 aliphatic heterocycles. The molecule has 2 aromatic heterocycles. The first-order valence-electron chi connectivity index (χ1n) is 10.2. The fourth-order valence-corrected chi connectivity index (χ4v) is 5.82. The molecule has 1 amide bonds. The van der Waals surface area contributed by atoms with E-state index in [1.54, 1.807) is 41.3 Å². The third kappa shape index (κ3) is 4.92. The highest BCUT2D eigenvalue weighted by Gasteiger charge is 2.19. The molecule has 0 bridgehead atoms. The summed E-state index contributed by atoms with van der Waals surface area (Å²) in [5, 5.41) is 3.60. The summed E-state index contributed by atoms with van der Waals surface area (Å²) in [6.45, 7) is 0.416. The third-order valence-corrected chi connectivity index (χ3v) is 7.42. The molecule has 2 N–H and O–H groups in total. The molecule has 1 aliphatic rings. The summed E-state index contributed by atoms with van der Waals surface area (Å²) in [6.07, 6.45) is 5.19. The van der Waals surface area contributed by atoms with Crippen molar-refractivity contribution in [1.29, 1.82) is 0 Å². The highest BCUT2D eigenvalue weighted by Crippen LogP contribution is 2.33. The van der Waals surface area contributed by atoms with E-state index in [1.807, 2.05) is 0 Å². The largest absolute Gasteiger partial charge is 0.356 e. The average molecular weight is 446 g/mol. The lowest BCUT2D eigenvalue weighted by molar-refractivity contribution is -0.120. The van der Waals surface area contributed by atoms with Crippen LogP contribution < -0.4 is 10.9 Å². The van der Waals surface area contributed by atoms with E-state index in [9.17, 15) is 14.0 Å². The second-order valence-corrected chi connectivity index (χ2v) is 9.59. The zero-order valence-electron chi connectivity index (χ0n) is 16.6. The first-order valence-corrected chi connectivity index (χ1v) is 12.2. The molecule has 5 nitrogen and oxygen atoms in total. The van der Waals surface area contributed by atoms with Gasteiger partial charge in [-0.2, -0.15) is 11.8 Å². The number of amides is 1. The minimum absolute atomic E-state index is 0.0408. The second kappa shape index (κ2) is 9.75. The van der Waals surface area contributed by atoms with Crippen molar-refractivity contribution in [3.8, 4) is 0 Å². The lowest BCUT2D eigenvalue weighted by Crippen LogP contribution is -2.26. The summed E-state index contributed by atoms with van der Waals surface area (Å²) in [5.74, 6) is 1.56. The SMILES string of the molecule is O=C(CCSCc1nc2sc3c(c2c(=O)[nH]1)CCCC3)NCCc1ccccc1F. The molecule has 0 radical (unpaired) electrons. The number of nitrogens with zero attached hydrogens (tertiary/aromatic N) is 1. The molecule has 158 valence electrons. The average Bonchev–Trinajstić information content (AvgIpc) is 3.11. The molecule has 0 spiro atoms. The van der Waals surface area contributed by atoms with E-state index in [1.165, 1.54) is 22.9 Å². The number of nitrogens with one attached hydrogen (secondary N) is 2. The normalized spacial score (nSPS) is 13.4. The number of aromatic nitrogens is 2. The van der Waals surface area contributed by atoms with E-state index < -0.39 is 0 Å². The number of halogens is 1. The van der Waals surface area contributed by atoms with E-state index in [2.05, 4.69) is 15.3 Å². The quantitative estimate of drug-likeness (QED) is 0.514. The zero-order valence-corrected chi connectivity index (χ0v) is 18.3. The maximum Gasteiger partial charge on any atom is 0.259 e. The molecule has 0 fully saturated rings. The third-order valence-electron chi connectivity index (χ3n) is 5.26. The number of fused-ring (bicyclic) bond motifs is 3. The van der Waals surface area contributed by atoms with Crippen LogP contribution in [0.2, 0.25) is 0 Å². The smallest absolute Gasteiger partial charge is 0.259 e. The summed E-state index contributed by atoms with van der Waals surface area (Å²) in [5.41, 5.74) is 1.76. The van der Waals surface area contributed by atoms with Gasteiger partial charge in [0.1, 0.15) is 16.5 Å². The maximum absolute atomic E-state index is 13.6. The van der Waals surface area contributed by atoms with Crippen LogP contribution in [0.5, 0.6) is 0 Å². The molecule has 0 saturated carbocycles. The monoisotopic (exact) mass is 445 g/mol. The van der Waals surface area contributed by atoms with Gasteiger partial charge in [-0.25, -0.2) is 9.37 Å². The first kappa shape index (κ1) is 21.1.